The lowest BCUT2D eigenvalue weighted by Crippen LogP contribution is -2.38. The van der Waals surface area contributed by atoms with Gasteiger partial charge >= 0.3 is 6.09 Å². The Morgan fingerprint density at radius 1 is 1.41 bits per heavy atom. The quantitative estimate of drug-likeness (QED) is 0.773. The van der Waals surface area contributed by atoms with Crippen LogP contribution in [-0.4, -0.2) is 29.9 Å². The summed E-state index contributed by atoms with van der Waals surface area (Å²) in [6.07, 6.45) is -1.53. The van der Waals surface area contributed by atoms with E-state index in [4.69, 9.17) is 0 Å². The van der Waals surface area contributed by atoms with Crippen molar-refractivity contribution < 1.29 is 19.0 Å². The molecule has 1 unspecified atom stereocenters. The summed E-state index contributed by atoms with van der Waals surface area (Å²) in [5.74, 6) is -0.615. The predicted molar refractivity (Wildman–Crippen MR) is 87.0 cm³/mol. The predicted octanol–water partition coefficient (Wildman–Crippen LogP) is 3.24. The lowest BCUT2D eigenvalue weighted by molar-refractivity contribution is 0.163. The van der Waals surface area contributed by atoms with Gasteiger partial charge in [-0.3, -0.25) is 5.32 Å². The second-order valence-electron chi connectivity index (χ2n) is 5.73. The maximum Gasteiger partial charge on any atom is 0.411 e. The van der Waals surface area contributed by atoms with E-state index in [1.807, 2.05) is 20.8 Å². The van der Waals surface area contributed by atoms with Gasteiger partial charge in [0.25, 0.3) is 0 Å². The third-order valence-electron chi connectivity index (χ3n) is 2.72. The van der Waals surface area contributed by atoms with Crippen LogP contribution < -0.4 is 10.6 Å². The summed E-state index contributed by atoms with van der Waals surface area (Å²) >= 11 is 0. The first kappa shape index (κ1) is 20.6. The molecule has 1 aromatic rings. The molecule has 0 heterocycles. The molecular weight excluding hydrogens is 311 g/mol. The van der Waals surface area contributed by atoms with Gasteiger partial charge in [0.2, 0.25) is 0 Å². The zero-order valence-electron chi connectivity index (χ0n) is 13.3. The fraction of sp³-hybridized carbons (Fsp3) is 0.533. The van der Waals surface area contributed by atoms with Crippen molar-refractivity contribution in [2.75, 3.05) is 18.5 Å². The molecule has 1 amide bonds. The van der Waals surface area contributed by atoms with Crippen molar-refractivity contribution in [3.8, 4) is 0 Å². The third-order valence-corrected chi connectivity index (χ3v) is 2.72. The number of hydrogen-bond donors (Lipinski definition) is 3. The average Bonchev–Trinajstić information content (AvgIpc) is 2.37. The minimum absolute atomic E-state index is 0. The highest BCUT2D eigenvalue weighted by Gasteiger charge is 2.15. The van der Waals surface area contributed by atoms with E-state index in [-0.39, 0.29) is 30.2 Å². The number of ether oxygens (including phenoxy) is 1. The third kappa shape index (κ3) is 7.06. The van der Waals surface area contributed by atoms with Gasteiger partial charge in [-0.1, -0.05) is 6.07 Å². The fourth-order valence-electron chi connectivity index (χ4n) is 1.64. The van der Waals surface area contributed by atoms with Crippen LogP contribution in [0, 0.1) is 5.82 Å². The largest absolute Gasteiger partial charge is 0.450 e. The Balaban J connectivity index is 0.00000441. The van der Waals surface area contributed by atoms with E-state index >= 15 is 0 Å². The molecule has 7 heteroatoms. The van der Waals surface area contributed by atoms with Crippen LogP contribution in [0.4, 0.5) is 14.9 Å². The summed E-state index contributed by atoms with van der Waals surface area (Å²) in [6.45, 7) is 8.12. The summed E-state index contributed by atoms with van der Waals surface area (Å²) in [6, 6.07) is 4.18. The Hall–Kier alpha value is -1.37. The molecule has 3 N–H and O–H groups in total. The molecule has 5 nitrogen and oxygen atoms in total. The van der Waals surface area contributed by atoms with Crippen LogP contribution in [0.2, 0.25) is 0 Å². The van der Waals surface area contributed by atoms with Gasteiger partial charge in [0.1, 0.15) is 5.82 Å². The van der Waals surface area contributed by atoms with E-state index in [0.717, 1.165) is 0 Å². The Labute approximate surface area is 136 Å². The first-order valence-corrected chi connectivity index (χ1v) is 6.89. The lowest BCUT2D eigenvalue weighted by Gasteiger charge is -2.23. The molecule has 126 valence electrons. The first-order valence-electron chi connectivity index (χ1n) is 6.89. The number of carbonyl (C=O) groups is 1. The van der Waals surface area contributed by atoms with Gasteiger partial charge in [-0.05, 0) is 45.4 Å². The number of halogens is 2. The smallest absolute Gasteiger partial charge is 0.411 e. The molecule has 0 bridgehead atoms. The molecule has 1 aromatic carbocycles. The molecule has 0 fully saturated rings. The minimum atomic E-state index is -0.824. The average molecular weight is 335 g/mol. The summed E-state index contributed by atoms with van der Waals surface area (Å²) < 4.78 is 18.6. The molecule has 0 aromatic heterocycles. The van der Waals surface area contributed by atoms with E-state index in [9.17, 15) is 14.3 Å². The van der Waals surface area contributed by atoms with Crippen molar-refractivity contribution in [1.82, 2.24) is 5.32 Å². The maximum atomic E-state index is 13.9. The number of nitrogens with one attached hydrogen (secondary N) is 2. The van der Waals surface area contributed by atoms with Gasteiger partial charge in [0.15, 0.2) is 0 Å². The molecule has 0 aliphatic rings. The molecule has 0 aliphatic carbocycles. The van der Waals surface area contributed by atoms with Crippen LogP contribution >= 0.6 is 12.4 Å². The second-order valence-corrected chi connectivity index (χ2v) is 5.73. The highest BCUT2D eigenvalue weighted by atomic mass is 35.5. The summed E-state index contributed by atoms with van der Waals surface area (Å²) in [4.78, 5) is 11.2. The highest BCUT2D eigenvalue weighted by molar-refractivity contribution is 5.85. The van der Waals surface area contributed by atoms with E-state index < -0.39 is 18.0 Å². The van der Waals surface area contributed by atoms with Gasteiger partial charge < -0.3 is 15.2 Å². The van der Waals surface area contributed by atoms with Crippen molar-refractivity contribution in [3.05, 3.63) is 29.6 Å². The Bertz CT molecular complexity index is 492. The lowest BCUT2D eigenvalue weighted by atomic mass is 10.1. The summed E-state index contributed by atoms with van der Waals surface area (Å²) in [7, 11) is 0. The van der Waals surface area contributed by atoms with Crippen molar-refractivity contribution in [2.45, 2.75) is 39.3 Å². The van der Waals surface area contributed by atoms with Crippen molar-refractivity contribution >= 4 is 24.2 Å². The number of aliphatic hydroxyl groups excluding tert-OH is 1. The van der Waals surface area contributed by atoms with Crippen molar-refractivity contribution in [3.63, 3.8) is 0 Å². The molecule has 22 heavy (non-hydrogen) atoms. The summed E-state index contributed by atoms with van der Waals surface area (Å²) in [5.41, 5.74) is 0.331. The number of hydrogen-bond acceptors (Lipinski definition) is 4. The molecular formula is C15H24ClFN2O3. The number of β-amino-alcohol motifs (C(OH)–C–C–N with tert-alkyl or cyclic N) is 1. The monoisotopic (exact) mass is 334 g/mol. The second kappa shape index (κ2) is 8.92. The van der Waals surface area contributed by atoms with Crippen LogP contribution in [0.25, 0.3) is 0 Å². The molecule has 1 atom stereocenters. The van der Waals surface area contributed by atoms with Gasteiger partial charge in [0, 0.05) is 12.1 Å². The van der Waals surface area contributed by atoms with Crippen molar-refractivity contribution in [2.24, 2.45) is 0 Å². The SMILES string of the molecule is CCOC(=O)Nc1ccc(C(O)CNC(C)(C)C)cc1F.Cl. The maximum absolute atomic E-state index is 13.9. The van der Waals surface area contributed by atoms with E-state index in [0.29, 0.717) is 12.1 Å². The number of rotatable bonds is 5. The molecule has 1 rings (SSSR count). The number of amides is 1. The topological polar surface area (TPSA) is 70.6 Å². The van der Waals surface area contributed by atoms with Crippen molar-refractivity contribution in [1.29, 1.82) is 0 Å². The first-order chi connectivity index (χ1) is 9.73. The van der Waals surface area contributed by atoms with Crippen LogP contribution in [0.1, 0.15) is 39.4 Å². The standard InChI is InChI=1S/C15H23FN2O3.ClH/c1-5-21-14(20)18-12-7-6-10(8-11(12)16)13(19)9-17-15(2,3)4;/h6-8,13,17,19H,5,9H2,1-4H3,(H,18,20);1H. The molecule has 0 saturated heterocycles. The molecule has 0 saturated carbocycles. The Morgan fingerprint density at radius 3 is 2.55 bits per heavy atom. The minimum Gasteiger partial charge on any atom is -0.450 e. The Kier molecular flexibility index (Phi) is 8.37. The number of anilines is 1. The zero-order valence-corrected chi connectivity index (χ0v) is 14.1. The van der Waals surface area contributed by atoms with Crippen LogP contribution in [0.15, 0.2) is 18.2 Å². The van der Waals surface area contributed by atoms with Crippen LogP contribution in [0.5, 0.6) is 0 Å². The molecule has 0 radical (unpaired) electrons. The summed E-state index contributed by atoms with van der Waals surface area (Å²) in [5, 5.41) is 15.5. The van der Waals surface area contributed by atoms with Gasteiger partial charge in [-0.15, -0.1) is 12.4 Å². The van der Waals surface area contributed by atoms with E-state index in [2.05, 4.69) is 15.4 Å². The molecule has 0 aliphatic heterocycles. The Morgan fingerprint density at radius 2 is 2.05 bits per heavy atom. The van der Waals surface area contributed by atoms with Gasteiger partial charge in [-0.2, -0.15) is 0 Å². The van der Waals surface area contributed by atoms with Gasteiger partial charge in [0.05, 0.1) is 18.4 Å². The highest BCUT2D eigenvalue weighted by Crippen LogP contribution is 2.20. The van der Waals surface area contributed by atoms with E-state index in [1.54, 1.807) is 13.0 Å². The van der Waals surface area contributed by atoms with E-state index in [1.165, 1.54) is 12.1 Å². The zero-order chi connectivity index (χ0) is 16.0. The number of carbonyl (C=O) groups excluding carboxylic acids is 1. The molecule has 0 spiro atoms. The van der Waals surface area contributed by atoms with Crippen LogP contribution in [0.3, 0.4) is 0 Å². The number of benzene rings is 1. The van der Waals surface area contributed by atoms with Gasteiger partial charge in [-0.25, -0.2) is 9.18 Å². The van der Waals surface area contributed by atoms with Crippen LogP contribution in [-0.2, 0) is 4.74 Å². The fourth-order valence-corrected chi connectivity index (χ4v) is 1.64. The normalized spacial score (nSPS) is 12.3. The number of aliphatic hydroxyl groups is 1.